The SMILES string of the molecule is O=C1NC2(CCC2)C(=O)N1CC(O)c1ccccc1F. The number of hydrogen-bond donors (Lipinski definition) is 2. The maximum atomic E-state index is 13.6. The fourth-order valence-corrected chi connectivity index (χ4v) is 2.73. The topological polar surface area (TPSA) is 69.6 Å². The molecule has 2 aliphatic rings. The van der Waals surface area contributed by atoms with Gasteiger partial charge in [-0.3, -0.25) is 9.69 Å². The summed E-state index contributed by atoms with van der Waals surface area (Å²) in [6, 6.07) is 5.28. The van der Waals surface area contributed by atoms with Gasteiger partial charge in [-0.2, -0.15) is 0 Å². The number of carbonyl (C=O) groups is 2. The Morgan fingerprint density at radius 3 is 2.60 bits per heavy atom. The highest BCUT2D eigenvalue weighted by atomic mass is 19.1. The first kappa shape index (κ1) is 13.1. The van der Waals surface area contributed by atoms with E-state index >= 15 is 0 Å². The van der Waals surface area contributed by atoms with Crippen LogP contribution in [-0.2, 0) is 4.79 Å². The van der Waals surface area contributed by atoms with E-state index in [-0.39, 0.29) is 18.0 Å². The van der Waals surface area contributed by atoms with Gasteiger partial charge in [0.05, 0.1) is 12.6 Å². The quantitative estimate of drug-likeness (QED) is 0.820. The van der Waals surface area contributed by atoms with Crippen molar-refractivity contribution in [3.05, 3.63) is 35.6 Å². The molecular formula is C14H15FN2O3. The Hall–Kier alpha value is -1.95. The van der Waals surface area contributed by atoms with Crippen molar-refractivity contribution in [2.75, 3.05) is 6.54 Å². The lowest BCUT2D eigenvalue weighted by molar-refractivity contribution is -0.135. The maximum Gasteiger partial charge on any atom is 0.325 e. The number of aliphatic hydroxyl groups excluding tert-OH is 1. The maximum absolute atomic E-state index is 13.6. The summed E-state index contributed by atoms with van der Waals surface area (Å²) in [6.45, 7) is -0.229. The van der Waals surface area contributed by atoms with E-state index in [0.717, 1.165) is 11.3 Å². The van der Waals surface area contributed by atoms with E-state index in [0.29, 0.717) is 12.8 Å². The minimum atomic E-state index is -1.22. The van der Waals surface area contributed by atoms with Crippen LogP contribution in [0.4, 0.5) is 9.18 Å². The highest BCUT2D eigenvalue weighted by Gasteiger charge is 2.54. The summed E-state index contributed by atoms with van der Waals surface area (Å²) in [5.74, 6) is -0.866. The second-order valence-electron chi connectivity index (χ2n) is 5.32. The van der Waals surface area contributed by atoms with Crippen LogP contribution in [0.25, 0.3) is 0 Å². The lowest BCUT2D eigenvalue weighted by Gasteiger charge is -2.35. The number of amides is 3. The first-order chi connectivity index (χ1) is 9.53. The molecule has 1 atom stereocenters. The molecule has 1 aromatic rings. The Kier molecular flexibility index (Phi) is 2.97. The zero-order chi connectivity index (χ0) is 14.3. The summed E-state index contributed by atoms with van der Waals surface area (Å²) in [4.78, 5) is 25.0. The molecule has 0 aromatic heterocycles. The zero-order valence-corrected chi connectivity index (χ0v) is 10.8. The van der Waals surface area contributed by atoms with Crippen LogP contribution in [0.15, 0.2) is 24.3 Å². The van der Waals surface area contributed by atoms with Crippen LogP contribution in [-0.4, -0.2) is 34.0 Å². The van der Waals surface area contributed by atoms with E-state index in [9.17, 15) is 19.1 Å². The van der Waals surface area contributed by atoms with Crippen LogP contribution in [0.3, 0.4) is 0 Å². The summed E-state index contributed by atoms with van der Waals surface area (Å²) in [7, 11) is 0. The van der Waals surface area contributed by atoms with Crippen LogP contribution in [0, 0.1) is 5.82 Å². The summed E-state index contributed by atoms with van der Waals surface area (Å²) in [5.41, 5.74) is -0.686. The molecule has 1 saturated heterocycles. The molecule has 1 saturated carbocycles. The molecule has 2 fully saturated rings. The summed E-state index contributed by atoms with van der Waals surface area (Å²) in [5, 5.41) is 12.7. The smallest absolute Gasteiger partial charge is 0.325 e. The molecule has 6 heteroatoms. The Labute approximate surface area is 115 Å². The average molecular weight is 278 g/mol. The molecule has 0 radical (unpaired) electrons. The summed E-state index contributed by atoms with van der Waals surface area (Å²) >= 11 is 0. The second kappa shape index (κ2) is 4.56. The monoisotopic (exact) mass is 278 g/mol. The minimum absolute atomic E-state index is 0.0858. The van der Waals surface area contributed by atoms with Crippen molar-refractivity contribution < 1.29 is 19.1 Å². The van der Waals surface area contributed by atoms with Crippen LogP contribution < -0.4 is 5.32 Å². The van der Waals surface area contributed by atoms with E-state index in [2.05, 4.69) is 5.32 Å². The van der Waals surface area contributed by atoms with Gasteiger partial charge in [-0.05, 0) is 25.3 Å². The molecule has 0 bridgehead atoms. The summed E-state index contributed by atoms with van der Waals surface area (Å²) < 4.78 is 13.6. The van der Waals surface area contributed by atoms with Crippen LogP contribution in [0.2, 0.25) is 0 Å². The van der Waals surface area contributed by atoms with Crippen molar-refractivity contribution >= 4 is 11.9 Å². The number of urea groups is 1. The van der Waals surface area contributed by atoms with Crippen molar-refractivity contribution in [2.24, 2.45) is 0 Å². The van der Waals surface area contributed by atoms with E-state index in [1.807, 2.05) is 0 Å². The molecule has 1 aromatic carbocycles. The Bertz CT molecular complexity index is 571. The number of carbonyl (C=O) groups excluding carboxylic acids is 2. The molecule has 5 nitrogen and oxygen atoms in total. The molecule has 1 heterocycles. The number of imide groups is 1. The van der Waals surface area contributed by atoms with Crippen LogP contribution in [0.1, 0.15) is 30.9 Å². The second-order valence-corrected chi connectivity index (χ2v) is 5.32. The molecule has 1 unspecified atom stereocenters. The number of benzene rings is 1. The van der Waals surface area contributed by atoms with Crippen molar-refractivity contribution in [2.45, 2.75) is 30.9 Å². The molecule has 3 rings (SSSR count). The molecule has 1 aliphatic carbocycles. The Morgan fingerprint density at radius 1 is 1.35 bits per heavy atom. The van der Waals surface area contributed by atoms with Gasteiger partial charge >= 0.3 is 6.03 Å². The summed E-state index contributed by atoms with van der Waals surface area (Å²) in [6.07, 6.45) is 0.935. The standard InChI is InChI=1S/C14H15FN2O3/c15-10-5-2-1-4-9(10)11(18)8-17-12(19)14(6-3-7-14)16-13(17)20/h1-2,4-5,11,18H,3,6-8H2,(H,16,20). The predicted octanol–water partition coefficient (Wildman–Crippen LogP) is 1.33. The third-order valence-corrected chi connectivity index (χ3v) is 4.07. The van der Waals surface area contributed by atoms with Gasteiger partial charge < -0.3 is 10.4 Å². The lowest BCUT2D eigenvalue weighted by Crippen LogP contribution is -2.52. The van der Waals surface area contributed by atoms with Gasteiger partial charge in [0, 0.05) is 5.56 Å². The van der Waals surface area contributed by atoms with Gasteiger partial charge in [-0.15, -0.1) is 0 Å². The van der Waals surface area contributed by atoms with Gasteiger partial charge in [-0.25, -0.2) is 9.18 Å². The predicted molar refractivity (Wildman–Crippen MR) is 68.2 cm³/mol. The normalized spacial score (nSPS) is 21.8. The highest BCUT2D eigenvalue weighted by Crippen LogP contribution is 2.37. The first-order valence-electron chi connectivity index (χ1n) is 6.60. The number of rotatable bonds is 3. The van der Waals surface area contributed by atoms with Crippen LogP contribution >= 0.6 is 0 Å². The van der Waals surface area contributed by atoms with Gasteiger partial charge in [0.15, 0.2) is 0 Å². The van der Waals surface area contributed by atoms with Crippen molar-refractivity contribution in [3.63, 3.8) is 0 Å². The number of β-amino-alcohol motifs (C(OH)–C–C–N with tert-alkyl or cyclic N) is 1. The number of nitrogens with one attached hydrogen (secondary N) is 1. The zero-order valence-electron chi connectivity index (χ0n) is 10.8. The first-order valence-corrected chi connectivity index (χ1v) is 6.60. The fourth-order valence-electron chi connectivity index (χ4n) is 2.73. The van der Waals surface area contributed by atoms with E-state index in [4.69, 9.17) is 0 Å². The van der Waals surface area contributed by atoms with Crippen LogP contribution in [0.5, 0.6) is 0 Å². The molecule has 1 aliphatic heterocycles. The van der Waals surface area contributed by atoms with E-state index in [1.54, 1.807) is 6.07 Å². The van der Waals surface area contributed by atoms with E-state index < -0.39 is 23.5 Å². The van der Waals surface area contributed by atoms with Gasteiger partial charge in [0.2, 0.25) is 0 Å². The number of halogens is 1. The van der Waals surface area contributed by atoms with Crippen molar-refractivity contribution in [1.82, 2.24) is 10.2 Å². The Morgan fingerprint density at radius 2 is 2.05 bits per heavy atom. The lowest BCUT2D eigenvalue weighted by atomic mass is 9.77. The van der Waals surface area contributed by atoms with Gasteiger partial charge in [0.25, 0.3) is 5.91 Å². The minimum Gasteiger partial charge on any atom is -0.386 e. The number of aliphatic hydroxyl groups is 1. The molecular weight excluding hydrogens is 263 g/mol. The molecule has 1 spiro atoms. The van der Waals surface area contributed by atoms with Crippen molar-refractivity contribution in [1.29, 1.82) is 0 Å². The van der Waals surface area contributed by atoms with Gasteiger partial charge in [0.1, 0.15) is 11.4 Å². The average Bonchev–Trinajstić information content (AvgIpc) is 2.63. The highest BCUT2D eigenvalue weighted by molar-refractivity contribution is 6.07. The van der Waals surface area contributed by atoms with E-state index in [1.165, 1.54) is 18.2 Å². The Balaban J connectivity index is 1.76. The molecule has 2 N–H and O–H groups in total. The number of hydrogen-bond acceptors (Lipinski definition) is 3. The third-order valence-electron chi connectivity index (χ3n) is 4.07. The molecule has 20 heavy (non-hydrogen) atoms. The van der Waals surface area contributed by atoms with Gasteiger partial charge in [-0.1, -0.05) is 18.2 Å². The molecule has 3 amide bonds. The fraction of sp³-hybridized carbons (Fsp3) is 0.429. The largest absolute Gasteiger partial charge is 0.386 e. The molecule has 106 valence electrons. The van der Waals surface area contributed by atoms with Crippen molar-refractivity contribution in [3.8, 4) is 0 Å². The number of nitrogens with zero attached hydrogens (tertiary/aromatic N) is 1. The third kappa shape index (κ3) is 1.87.